The lowest BCUT2D eigenvalue weighted by Crippen LogP contribution is -2.45. The highest BCUT2D eigenvalue weighted by molar-refractivity contribution is 5.93. The summed E-state index contributed by atoms with van der Waals surface area (Å²) in [5.74, 6) is 0.229. The average Bonchev–Trinajstić information content (AvgIpc) is 3.06. The summed E-state index contributed by atoms with van der Waals surface area (Å²) in [6, 6.07) is 7.37. The maximum absolute atomic E-state index is 12.8. The molecule has 0 aliphatic carbocycles. The summed E-state index contributed by atoms with van der Waals surface area (Å²) in [6.07, 6.45) is 1.13. The van der Waals surface area contributed by atoms with Crippen molar-refractivity contribution in [1.82, 2.24) is 25.1 Å². The normalized spacial score (nSPS) is 17.3. The fraction of sp³-hybridized carbons (Fsp3) is 0.526. The Balaban J connectivity index is 1.65. The predicted molar refractivity (Wildman–Crippen MR) is 103 cm³/mol. The first-order chi connectivity index (χ1) is 13.2. The van der Waals surface area contributed by atoms with Gasteiger partial charge in [-0.1, -0.05) is 12.1 Å². The van der Waals surface area contributed by atoms with Crippen molar-refractivity contribution in [2.75, 3.05) is 18.4 Å². The Bertz CT molecular complexity index is 857. The molecular weight excluding hydrogens is 360 g/mol. The molecule has 1 aromatic heterocycles. The van der Waals surface area contributed by atoms with Crippen molar-refractivity contribution >= 4 is 17.7 Å². The lowest BCUT2D eigenvalue weighted by Gasteiger charge is -2.33. The first-order valence-corrected chi connectivity index (χ1v) is 9.34. The molecule has 1 aliphatic heterocycles. The maximum Gasteiger partial charge on any atom is 0.410 e. The second-order valence-corrected chi connectivity index (χ2v) is 7.96. The summed E-state index contributed by atoms with van der Waals surface area (Å²) in [6.45, 7) is 6.46. The SMILES string of the molecule is Cn1nnnc1-c1cccc(NC(=O)C2CCCN(C(=O)OC(C)(C)C)C2)c1. The zero-order valence-electron chi connectivity index (χ0n) is 16.7. The van der Waals surface area contributed by atoms with E-state index in [1.54, 1.807) is 16.6 Å². The van der Waals surface area contributed by atoms with E-state index in [0.29, 0.717) is 24.6 Å². The maximum atomic E-state index is 12.8. The van der Waals surface area contributed by atoms with E-state index in [1.165, 1.54) is 0 Å². The van der Waals surface area contributed by atoms with E-state index in [1.807, 2.05) is 45.0 Å². The Labute approximate surface area is 164 Å². The second kappa shape index (κ2) is 7.95. The average molecular weight is 386 g/mol. The lowest BCUT2D eigenvalue weighted by molar-refractivity contribution is -0.121. The Morgan fingerprint density at radius 1 is 1.29 bits per heavy atom. The summed E-state index contributed by atoms with van der Waals surface area (Å²) in [4.78, 5) is 26.7. The van der Waals surface area contributed by atoms with E-state index in [9.17, 15) is 9.59 Å². The van der Waals surface area contributed by atoms with Gasteiger partial charge in [-0.2, -0.15) is 0 Å². The number of ether oxygens (including phenoxy) is 1. The molecule has 9 heteroatoms. The number of amides is 2. The fourth-order valence-electron chi connectivity index (χ4n) is 3.14. The number of rotatable bonds is 3. The molecule has 2 aromatic rings. The van der Waals surface area contributed by atoms with Crippen LogP contribution in [0.4, 0.5) is 10.5 Å². The van der Waals surface area contributed by atoms with Crippen molar-refractivity contribution in [2.45, 2.75) is 39.2 Å². The zero-order valence-corrected chi connectivity index (χ0v) is 16.7. The Hall–Kier alpha value is -2.97. The molecule has 0 saturated carbocycles. The first kappa shape index (κ1) is 19.8. The van der Waals surface area contributed by atoms with Gasteiger partial charge in [0.1, 0.15) is 5.60 Å². The first-order valence-electron chi connectivity index (χ1n) is 9.34. The smallest absolute Gasteiger partial charge is 0.410 e. The lowest BCUT2D eigenvalue weighted by atomic mass is 9.97. The summed E-state index contributed by atoms with van der Waals surface area (Å²) < 4.78 is 7.00. The molecular formula is C19H26N6O3. The van der Waals surface area contributed by atoms with Gasteiger partial charge in [0, 0.05) is 31.4 Å². The fourth-order valence-corrected chi connectivity index (χ4v) is 3.14. The highest BCUT2D eigenvalue weighted by Crippen LogP contribution is 2.23. The third-order valence-corrected chi connectivity index (χ3v) is 4.45. The van der Waals surface area contributed by atoms with E-state index in [0.717, 1.165) is 18.4 Å². The van der Waals surface area contributed by atoms with Crippen LogP contribution < -0.4 is 5.32 Å². The third-order valence-electron chi connectivity index (χ3n) is 4.45. The van der Waals surface area contributed by atoms with Gasteiger partial charge < -0.3 is 15.0 Å². The second-order valence-electron chi connectivity index (χ2n) is 7.96. The Kier molecular flexibility index (Phi) is 5.62. The van der Waals surface area contributed by atoms with Crippen LogP contribution in [0.15, 0.2) is 24.3 Å². The summed E-state index contributed by atoms with van der Waals surface area (Å²) in [5.41, 5.74) is 0.922. The van der Waals surface area contributed by atoms with Crippen molar-refractivity contribution in [2.24, 2.45) is 13.0 Å². The quantitative estimate of drug-likeness (QED) is 0.869. The number of nitrogens with zero attached hydrogens (tertiary/aromatic N) is 5. The highest BCUT2D eigenvalue weighted by Gasteiger charge is 2.31. The van der Waals surface area contributed by atoms with Crippen molar-refractivity contribution in [1.29, 1.82) is 0 Å². The van der Waals surface area contributed by atoms with Gasteiger partial charge in [-0.15, -0.1) is 5.10 Å². The van der Waals surface area contributed by atoms with E-state index in [2.05, 4.69) is 20.8 Å². The van der Waals surface area contributed by atoms with E-state index in [4.69, 9.17) is 4.74 Å². The number of likely N-dealkylation sites (tertiary alicyclic amines) is 1. The Morgan fingerprint density at radius 3 is 2.75 bits per heavy atom. The van der Waals surface area contributed by atoms with Crippen molar-refractivity contribution in [3.05, 3.63) is 24.3 Å². The van der Waals surface area contributed by atoms with Gasteiger partial charge in [-0.25, -0.2) is 9.48 Å². The topological polar surface area (TPSA) is 102 Å². The van der Waals surface area contributed by atoms with Crippen molar-refractivity contribution in [3.63, 3.8) is 0 Å². The number of anilines is 1. The molecule has 0 bridgehead atoms. The molecule has 3 rings (SSSR count). The molecule has 1 aliphatic rings. The van der Waals surface area contributed by atoms with Crippen LogP contribution in [0.1, 0.15) is 33.6 Å². The zero-order chi connectivity index (χ0) is 20.3. The molecule has 2 heterocycles. The molecule has 1 aromatic carbocycles. The molecule has 150 valence electrons. The minimum atomic E-state index is -0.554. The summed E-state index contributed by atoms with van der Waals surface area (Å²) >= 11 is 0. The number of nitrogens with one attached hydrogen (secondary N) is 1. The summed E-state index contributed by atoms with van der Waals surface area (Å²) in [5, 5.41) is 14.4. The Morgan fingerprint density at radius 2 is 2.07 bits per heavy atom. The van der Waals surface area contributed by atoms with Gasteiger partial charge in [0.25, 0.3) is 0 Å². The number of hydrogen-bond donors (Lipinski definition) is 1. The predicted octanol–water partition coefficient (Wildman–Crippen LogP) is 2.46. The molecule has 1 atom stereocenters. The van der Waals surface area contributed by atoms with Gasteiger partial charge in [0.15, 0.2) is 5.82 Å². The van der Waals surface area contributed by atoms with Gasteiger partial charge in [0.2, 0.25) is 5.91 Å². The molecule has 9 nitrogen and oxygen atoms in total. The number of aryl methyl sites for hydroxylation is 1. The number of hydrogen-bond acceptors (Lipinski definition) is 6. The van der Waals surface area contributed by atoms with Gasteiger partial charge >= 0.3 is 6.09 Å². The van der Waals surface area contributed by atoms with E-state index in [-0.39, 0.29) is 17.9 Å². The molecule has 28 heavy (non-hydrogen) atoms. The van der Waals surface area contributed by atoms with Crippen LogP contribution in [-0.2, 0) is 16.6 Å². The van der Waals surface area contributed by atoms with Crippen LogP contribution in [0.25, 0.3) is 11.4 Å². The number of benzene rings is 1. The number of carbonyl (C=O) groups is 2. The molecule has 1 N–H and O–H groups in total. The van der Waals surface area contributed by atoms with Gasteiger partial charge in [0.05, 0.1) is 5.92 Å². The standard InChI is InChI=1S/C19H26N6O3/c1-19(2,3)28-18(27)25-10-6-8-14(12-25)17(26)20-15-9-5-7-13(11-15)16-21-22-23-24(16)4/h5,7,9,11,14H,6,8,10,12H2,1-4H3,(H,20,26). The molecule has 1 saturated heterocycles. The van der Waals surface area contributed by atoms with Crippen LogP contribution in [-0.4, -0.2) is 55.8 Å². The number of tetrazole rings is 1. The van der Waals surface area contributed by atoms with Gasteiger partial charge in [-0.05, 0) is 56.2 Å². The van der Waals surface area contributed by atoms with Crippen LogP contribution in [0.2, 0.25) is 0 Å². The monoisotopic (exact) mass is 386 g/mol. The largest absolute Gasteiger partial charge is 0.444 e. The van der Waals surface area contributed by atoms with Gasteiger partial charge in [-0.3, -0.25) is 4.79 Å². The van der Waals surface area contributed by atoms with Crippen LogP contribution in [0, 0.1) is 5.92 Å². The van der Waals surface area contributed by atoms with Crippen LogP contribution >= 0.6 is 0 Å². The van der Waals surface area contributed by atoms with E-state index < -0.39 is 5.60 Å². The van der Waals surface area contributed by atoms with Crippen molar-refractivity contribution in [3.8, 4) is 11.4 Å². The number of piperidine rings is 1. The summed E-state index contributed by atoms with van der Waals surface area (Å²) in [7, 11) is 1.76. The molecule has 0 radical (unpaired) electrons. The number of carbonyl (C=O) groups excluding carboxylic acids is 2. The third kappa shape index (κ3) is 4.85. The minimum absolute atomic E-state index is 0.110. The van der Waals surface area contributed by atoms with Crippen molar-refractivity contribution < 1.29 is 14.3 Å². The van der Waals surface area contributed by atoms with E-state index >= 15 is 0 Å². The minimum Gasteiger partial charge on any atom is -0.444 e. The molecule has 0 spiro atoms. The molecule has 1 unspecified atom stereocenters. The number of aromatic nitrogens is 4. The molecule has 2 amide bonds. The van der Waals surface area contributed by atoms with Crippen LogP contribution in [0.3, 0.4) is 0 Å². The molecule has 1 fully saturated rings. The highest BCUT2D eigenvalue weighted by atomic mass is 16.6. The van der Waals surface area contributed by atoms with Crippen LogP contribution in [0.5, 0.6) is 0 Å².